The lowest BCUT2D eigenvalue weighted by Crippen LogP contribution is -2.57. The van der Waals surface area contributed by atoms with E-state index in [1.54, 1.807) is 42.6 Å². The number of ketones is 1. The molecule has 3 N–H and O–H groups in total. The number of aromatic nitrogens is 1. The summed E-state index contributed by atoms with van der Waals surface area (Å²) in [5.41, 5.74) is 1.25. The van der Waals surface area contributed by atoms with Crippen molar-refractivity contribution in [3.8, 4) is 5.75 Å². The zero-order valence-corrected chi connectivity index (χ0v) is 23.3. The summed E-state index contributed by atoms with van der Waals surface area (Å²) in [5.74, 6) is -3.88. The molecule has 4 atom stereocenters. The van der Waals surface area contributed by atoms with Gasteiger partial charge in [-0.2, -0.15) is 0 Å². The van der Waals surface area contributed by atoms with Gasteiger partial charge in [-0.15, -0.1) is 0 Å². The molecule has 0 bridgehead atoms. The fourth-order valence-corrected chi connectivity index (χ4v) is 6.39. The molecule has 0 spiro atoms. The van der Waals surface area contributed by atoms with Gasteiger partial charge in [-0.3, -0.25) is 24.5 Å². The minimum absolute atomic E-state index is 0.0160. The normalized spacial score (nSPS) is 23.4. The maximum absolute atomic E-state index is 14.2. The molecule has 2 fully saturated rings. The van der Waals surface area contributed by atoms with Crippen LogP contribution in [-0.2, 0) is 20.8 Å². The Balaban J connectivity index is 1.45. The van der Waals surface area contributed by atoms with Crippen molar-refractivity contribution in [1.82, 2.24) is 10.3 Å². The van der Waals surface area contributed by atoms with Crippen LogP contribution >= 0.6 is 0 Å². The molecule has 3 aromatic carbocycles. The van der Waals surface area contributed by atoms with Gasteiger partial charge in [0.2, 0.25) is 11.8 Å². The Morgan fingerprint density at radius 2 is 1.69 bits per heavy atom. The van der Waals surface area contributed by atoms with Crippen LogP contribution in [0.1, 0.15) is 47.8 Å². The fraction of sp³-hybridized carbons (Fsp3) is 0.273. The van der Waals surface area contributed by atoms with Crippen molar-refractivity contribution < 1.29 is 29.0 Å². The molecule has 0 aliphatic carbocycles. The number of benzene rings is 3. The van der Waals surface area contributed by atoms with Gasteiger partial charge in [0.1, 0.15) is 11.3 Å². The number of carboxylic acids is 1. The zero-order chi connectivity index (χ0) is 29.6. The highest BCUT2D eigenvalue weighted by molar-refractivity contribution is 6.24. The van der Waals surface area contributed by atoms with E-state index in [0.29, 0.717) is 29.2 Å². The molecule has 1 aromatic heterocycles. The number of carbonyl (C=O) groups is 4. The molecule has 6 rings (SSSR count). The number of imide groups is 1. The van der Waals surface area contributed by atoms with E-state index in [1.807, 2.05) is 43.3 Å². The maximum Gasteiger partial charge on any atom is 0.325 e. The number of fused-ring (bicyclic) bond motifs is 2. The average molecular weight is 566 g/mol. The molecular weight excluding hydrogens is 534 g/mol. The van der Waals surface area contributed by atoms with Gasteiger partial charge in [-0.25, -0.2) is 4.90 Å². The van der Waals surface area contributed by atoms with Crippen LogP contribution in [0.15, 0.2) is 79.0 Å². The lowest BCUT2D eigenvalue weighted by molar-refractivity contribution is -0.148. The molecule has 4 aromatic rings. The first-order chi connectivity index (χ1) is 20.2. The number of carbonyl (C=O) groups excluding carboxylic acids is 3. The van der Waals surface area contributed by atoms with Crippen LogP contribution in [0.25, 0.3) is 10.9 Å². The van der Waals surface area contributed by atoms with E-state index < -0.39 is 41.2 Å². The van der Waals surface area contributed by atoms with E-state index in [-0.39, 0.29) is 12.2 Å². The van der Waals surface area contributed by atoms with Crippen LogP contribution in [0.5, 0.6) is 5.75 Å². The first-order valence-electron chi connectivity index (χ1n) is 14.0. The number of para-hydroxylation sites is 1. The highest BCUT2D eigenvalue weighted by Crippen LogP contribution is 2.51. The molecule has 9 heteroatoms. The highest BCUT2D eigenvalue weighted by atomic mass is 16.5. The summed E-state index contributed by atoms with van der Waals surface area (Å²) in [5, 5.41) is 15.0. The quantitative estimate of drug-likeness (QED) is 0.199. The first kappa shape index (κ1) is 27.4. The summed E-state index contributed by atoms with van der Waals surface area (Å²) in [7, 11) is 0. The molecule has 214 valence electrons. The van der Waals surface area contributed by atoms with Crippen molar-refractivity contribution in [2.75, 3.05) is 11.5 Å². The summed E-state index contributed by atoms with van der Waals surface area (Å²) < 4.78 is 5.72. The molecule has 0 saturated carbocycles. The Morgan fingerprint density at radius 3 is 2.36 bits per heavy atom. The Labute approximate surface area is 242 Å². The summed E-state index contributed by atoms with van der Waals surface area (Å²) in [4.78, 5) is 57.7. The molecule has 9 nitrogen and oxygen atoms in total. The van der Waals surface area contributed by atoms with Crippen molar-refractivity contribution in [3.05, 3.63) is 95.7 Å². The molecule has 2 amide bonds. The van der Waals surface area contributed by atoms with E-state index in [1.165, 1.54) is 6.92 Å². The second-order valence-electron chi connectivity index (χ2n) is 11.0. The monoisotopic (exact) mass is 565 g/mol. The molecule has 42 heavy (non-hydrogen) atoms. The lowest BCUT2D eigenvalue weighted by Gasteiger charge is -2.31. The Bertz CT molecular complexity index is 1690. The number of amides is 2. The number of rotatable bonds is 9. The minimum atomic E-state index is -1.77. The Hall–Kier alpha value is -4.76. The van der Waals surface area contributed by atoms with E-state index >= 15 is 0 Å². The van der Waals surface area contributed by atoms with Gasteiger partial charge in [-0.1, -0.05) is 37.3 Å². The Morgan fingerprint density at radius 1 is 0.976 bits per heavy atom. The third kappa shape index (κ3) is 4.37. The smallest absolute Gasteiger partial charge is 0.325 e. The topological polar surface area (TPSA) is 129 Å². The zero-order valence-electron chi connectivity index (χ0n) is 23.3. The second-order valence-corrected chi connectivity index (χ2v) is 11.0. The third-order valence-electron chi connectivity index (χ3n) is 8.42. The minimum Gasteiger partial charge on any atom is -0.494 e. The number of carboxylic acid groups (broad SMARTS) is 1. The number of ether oxygens (including phenoxy) is 1. The van der Waals surface area contributed by atoms with E-state index in [9.17, 15) is 24.3 Å². The van der Waals surface area contributed by atoms with Gasteiger partial charge in [-0.05, 0) is 66.9 Å². The number of aromatic amines is 1. The molecular formula is C33H31N3O6. The first-order valence-corrected chi connectivity index (χ1v) is 14.0. The number of hydrogen-bond acceptors (Lipinski definition) is 6. The predicted octanol–water partition coefficient (Wildman–Crippen LogP) is 4.68. The number of H-pyrrole nitrogens is 1. The average Bonchev–Trinajstić information content (AvgIpc) is 3.64. The predicted molar refractivity (Wildman–Crippen MR) is 156 cm³/mol. The Kier molecular flexibility index (Phi) is 6.90. The van der Waals surface area contributed by atoms with Crippen LogP contribution in [-0.4, -0.2) is 45.8 Å². The number of aliphatic carboxylic acids is 1. The standard InChI is InChI=1S/C33H31N3O6/c1-3-16-42-24-14-10-21(11-15-24)29-27-28(31(39)36(30(27)38)23-12-8-20(9-13-23)19(2)37)33(35-29,32(40)41)17-22-18-34-26-7-5-4-6-25(22)26/h4-15,18,27-29,34-35H,3,16-17H2,1-2H3,(H,40,41). The van der Waals surface area contributed by atoms with Gasteiger partial charge in [0.15, 0.2) is 5.78 Å². The number of Topliss-reactive ketones (excluding diaryl/α,β-unsaturated/α-hetero) is 1. The number of anilines is 1. The van der Waals surface area contributed by atoms with Gasteiger partial charge >= 0.3 is 5.97 Å². The molecule has 2 aliphatic rings. The molecule has 0 radical (unpaired) electrons. The van der Waals surface area contributed by atoms with Gasteiger partial charge in [0, 0.05) is 35.1 Å². The largest absolute Gasteiger partial charge is 0.494 e. The van der Waals surface area contributed by atoms with Crippen LogP contribution in [0.4, 0.5) is 5.69 Å². The molecule has 2 aliphatic heterocycles. The van der Waals surface area contributed by atoms with E-state index in [4.69, 9.17) is 4.74 Å². The number of nitrogens with one attached hydrogen (secondary N) is 2. The van der Waals surface area contributed by atoms with Crippen molar-refractivity contribution in [1.29, 1.82) is 0 Å². The molecule has 4 unspecified atom stereocenters. The summed E-state index contributed by atoms with van der Waals surface area (Å²) >= 11 is 0. The second kappa shape index (κ2) is 10.6. The maximum atomic E-state index is 14.2. The van der Waals surface area contributed by atoms with Crippen LogP contribution in [0.3, 0.4) is 0 Å². The van der Waals surface area contributed by atoms with Crippen LogP contribution in [0.2, 0.25) is 0 Å². The summed E-state index contributed by atoms with van der Waals surface area (Å²) in [6, 6.07) is 20.3. The number of hydrogen-bond donors (Lipinski definition) is 3. The van der Waals surface area contributed by atoms with Crippen LogP contribution < -0.4 is 15.0 Å². The number of nitrogens with zero attached hydrogens (tertiary/aromatic N) is 1. The van der Waals surface area contributed by atoms with E-state index in [0.717, 1.165) is 27.8 Å². The third-order valence-corrected chi connectivity index (χ3v) is 8.42. The van der Waals surface area contributed by atoms with Gasteiger partial charge < -0.3 is 14.8 Å². The fourth-order valence-electron chi connectivity index (χ4n) is 6.39. The van der Waals surface area contributed by atoms with Crippen molar-refractivity contribution in [2.24, 2.45) is 11.8 Å². The SMILES string of the molecule is CCCOc1ccc(C2NC(Cc3c[nH]c4ccccc34)(C(=O)O)C3C(=O)N(c4ccc(C(C)=O)cc4)C(=O)C23)cc1. The van der Waals surface area contributed by atoms with Gasteiger partial charge in [0.05, 0.1) is 24.1 Å². The van der Waals surface area contributed by atoms with Crippen LogP contribution in [0, 0.1) is 11.8 Å². The molecule has 3 heterocycles. The summed E-state index contributed by atoms with van der Waals surface area (Å²) in [6.45, 7) is 4.01. The van der Waals surface area contributed by atoms with Crippen molar-refractivity contribution >= 4 is 40.2 Å². The van der Waals surface area contributed by atoms with Crippen molar-refractivity contribution in [2.45, 2.75) is 38.3 Å². The van der Waals surface area contributed by atoms with Gasteiger partial charge in [0.25, 0.3) is 0 Å². The highest BCUT2D eigenvalue weighted by Gasteiger charge is 2.68. The lowest BCUT2D eigenvalue weighted by atomic mass is 9.76. The summed E-state index contributed by atoms with van der Waals surface area (Å²) in [6.07, 6.45) is 2.60. The molecule has 2 saturated heterocycles. The van der Waals surface area contributed by atoms with E-state index in [2.05, 4.69) is 10.3 Å². The van der Waals surface area contributed by atoms with Crippen molar-refractivity contribution in [3.63, 3.8) is 0 Å².